The van der Waals surface area contributed by atoms with E-state index < -0.39 is 0 Å². The van der Waals surface area contributed by atoms with Crippen LogP contribution in [0.25, 0.3) is 65.9 Å². The topological polar surface area (TPSA) is 75.6 Å². The maximum absolute atomic E-state index is 6.28. The van der Waals surface area contributed by atoms with Crippen molar-refractivity contribution in [2.45, 2.75) is 12.3 Å². The molecular weight excluding hydrogens is 592 g/mol. The fraction of sp³-hybridized carbons (Fsp3) is 0.0476. The second-order valence-corrected chi connectivity index (χ2v) is 12.3. The Kier molecular flexibility index (Phi) is 5.98. The number of aliphatic imine (C=N–C) groups is 1. The van der Waals surface area contributed by atoms with Gasteiger partial charge in [0.2, 0.25) is 0 Å². The van der Waals surface area contributed by atoms with Crippen LogP contribution in [0, 0.1) is 0 Å². The number of rotatable bonds is 4. The molecule has 6 aromatic carbocycles. The van der Waals surface area contributed by atoms with Crippen LogP contribution in [0.3, 0.4) is 0 Å². The van der Waals surface area contributed by atoms with Gasteiger partial charge in [0.15, 0.2) is 5.58 Å². The number of nitrogens with one attached hydrogen (secondary N) is 2. The predicted molar refractivity (Wildman–Crippen MR) is 193 cm³/mol. The van der Waals surface area contributed by atoms with Crippen LogP contribution in [-0.4, -0.2) is 10.8 Å². The standard InChI is InChI=1S/C42H28N4O2/c1-2-9-28-24-29(22-19-25(28)8-1)26-17-20-27(21-18-26)40-44-41(31-11-5-14-34-37(31)30-10-3-4-13-33(30)47-34)46-42(45-40)32-12-6-15-35-38(32)39-36(48-35)16-7-23-43-39/h1-24,40-41,44H,(H,45,46). The van der Waals surface area contributed by atoms with Crippen LogP contribution >= 0.6 is 0 Å². The first-order valence-corrected chi connectivity index (χ1v) is 16.1. The Morgan fingerprint density at radius 2 is 1.29 bits per heavy atom. The minimum atomic E-state index is -0.327. The van der Waals surface area contributed by atoms with E-state index in [0.717, 1.165) is 72.1 Å². The molecule has 0 saturated heterocycles. The molecule has 0 aliphatic carbocycles. The van der Waals surface area contributed by atoms with Crippen molar-refractivity contribution in [1.82, 2.24) is 15.6 Å². The third kappa shape index (κ3) is 4.31. The summed E-state index contributed by atoms with van der Waals surface area (Å²) >= 11 is 0. The zero-order valence-corrected chi connectivity index (χ0v) is 25.7. The van der Waals surface area contributed by atoms with Crippen molar-refractivity contribution in [3.8, 4) is 11.1 Å². The lowest BCUT2D eigenvalue weighted by atomic mass is 9.98. The summed E-state index contributed by atoms with van der Waals surface area (Å²) in [4.78, 5) is 10.0. The van der Waals surface area contributed by atoms with Crippen molar-refractivity contribution in [3.63, 3.8) is 0 Å². The van der Waals surface area contributed by atoms with Crippen molar-refractivity contribution < 1.29 is 8.83 Å². The molecule has 4 heterocycles. The Balaban J connectivity index is 1.11. The molecule has 10 rings (SSSR count). The van der Waals surface area contributed by atoms with Crippen molar-refractivity contribution in [2.24, 2.45) is 4.99 Å². The number of para-hydroxylation sites is 1. The zero-order chi connectivity index (χ0) is 31.6. The van der Waals surface area contributed by atoms with E-state index in [1.54, 1.807) is 6.20 Å². The summed E-state index contributed by atoms with van der Waals surface area (Å²) in [6, 6.07) is 48.2. The first-order chi connectivity index (χ1) is 23.8. The second-order valence-electron chi connectivity index (χ2n) is 12.3. The van der Waals surface area contributed by atoms with Gasteiger partial charge in [-0.15, -0.1) is 0 Å². The summed E-state index contributed by atoms with van der Waals surface area (Å²) in [5, 5.41) is 13.1. The van der Waals surface area contributed by atoms with E-state index in [-0.39, 0.29) is 12.3 Å². The molecule has 6 heteroatoms. The van der Waals surface area contributed by atoms with E-state index in [1.807, 2.05) is 42.5 Å². The van der Waals surface area contributed by atoms with Crippen molar-refractivity contribution in [1.29, 1.82) is 0 Å². The maximum atomic E-state index is 6.28. The van der Waals surface area contributed by atoms with E-state index in [2.05, 4.69) is 108 Å². The second kappa shape index (κ2) is 10.7. The monoisotopic (exact) mass is 620 g/mol. The molecule has 1 aliphatic rings. The number of pyridine rings is 1. The summed E-state index contributed by atoms with van der Waals surface area (Å²) < 4.78 is 12.5. The van der Waals surface area contributed by atoms with E-state index >= 15 is 0 Å². The lowest BCUT2D eigenvalue weighted by molar-refractivity contribution is 0.411. The van der Waals surface area contributed by atoms with E-state index in [9.17, 15) is 0 Å². The predicted octanol–water partition coefficient (Wildman–Crippen LogP) is 10.0. The lowest BCUT2D eigenvalue weighted by Crippen LogP contribution is -2.45. The summed E-state index contributed by atoms with van der Waals surface area (Å²) in [7, 11) is 0. The van der Waals surface area contributed by atoms with Gasteiger partial charge in [0.1, 0.15) is 40.4 Å². The molecule has 3 aromatic heterocycles. The van der Waals surface area contributed by atoms with Gasteiger partial charge in [-0.1, -0.05) is 103 Å². The van der Waals surface area contributed by atoms with Crippen LogP contribution in [-0.2, 0) is 0 Å². The van der Waals surface area contributed by atoms with Gasteiger partial charge in [-0.25, -0.2) is 4.99 Å². The highest BCUT2D eigenvalue weighted by Gasteiger charge is 2.29. The number of amidine groups is 1. The molecule has 0 amide bonds. The van der Waals surface area contributed by atoms with Crippen LogP contribution in [0.2, 0.25) is 0 Å². The average Bonchev–Trinajstić information content (AvgIpc) is 3.73. The summed E-state index contributed by atoms with van der Waals surface area (Å²) in [5.74, 6) is 0.770. The van der Waals surface area contributed by atoms with Gasteiger partial charge in [-0.3, -0.25) is 10.3 Å². The quantitative estimate of drug-likeness (QED) is 0.205. The highest BCUT2D eigenvalue weighted by atomic mass is 16.3. The van der Waals surface area contributed by atoms with Gasteiger partial charge in [0, 0.05) is 28.1 Å². The van der Waals surface area contributed by atoms with Crippen LogP contribution in [0.4, 0.5) is 0 Å². The molecule has 6 nitrogen and oxygen atoms in total. The number of benzene rings is 6. The minimum Gasteiger partial charge on any atom is -0.456 e. The van der Waals surface area contributed by atoms with Crippen molar-refractivity contribution in [3.05, 3.63) is 162 Å². The molecule has 2 N–H and O–H groups in total. The fourth-order valence-corrected chi connectivity index (χ4v) is 7.13. The van der Waals surface area contributed by atoms with E-state index in [1.165, 1.54) is 16.3 Å². The number of furan rings is 2. The first kappa shape index (κ1) is 26.9. The van der Waals surface area contributed by atoms with E-state index in [0.29, 0.717) is 0 Å². The fourth-order valence-electron chi connectivity index (χ4n) is 7.13. The number of nitrogens with zero attached hydrogens (tertiary/aromatic N) is 2. The van der Waals surface area contributed by atoms with Crippen LogP contribution < -0.4 is 10.6 Å². The highest BCUT2D eigenvalue weighted by molar-refractivity contribution is 6.17. The highest BCUT2D eigenvalue weighted by Crippen LogP contribution is 2.37. The lowest BCUT2D eigenvalue weighted by Gasteiger charge is -2.32. The Labute approximate surface area is 275 Å². The molecule has 0 spiro atoms. The van der Waals surface area contributed by atoms with Gasteiger partial charge in [-0.2, -0.15) is 0 Å². The molecule has 0 radical (unpaired) electrons. The largest absolute Gasteiger partial charge is 0.456 e. The zero-order valence-electron chi connectivity index (χ0n) is 25.7. The molecule has 9 aromatic rings. The van der Waals surface area contributed by atoms with Gasteiger partial charge >= 0.3 is 0 Å². The molecule has 2 atom stereocenters. The van der Waals surface area contributed by atoms with Gasteiger partial charge < -0.3 is 14.2 Å². The number of hydrogen-bond acceptors (Lipinski definition) is 6. The SMILES string of the molecule is c1ccc2cc(-c3ccc(C4N=C(c5cccc6oc7cccnc7c56)NC(c5cccc6oc7ccccc7c56)N4)cc3)ccc2c1. The average molecular weight is 621 g/mol. The third-order valence-electron chi connectivity index (χ3n) is 9.43. The number of hydrogen-bond donors (Lipinski definition) is 2. The maximum Gasteiger partial charge on any atom is 0.153 e. The van der Waals surface area contributed by atoms with Crippen LogP contribution in [0.15, 0.2) is 160 Å². The molecule has 228 valence electrons. The third-order valence-corrected chi connectivity index (χ3v) is 9.43. The molecule has 0 fully saturated rings. The first-order valence-electron chi connectivity index (χ1n) is 16.1. The van der Waals surface area contributed by atoms with Crippen molar-refractivity contribution >= 4 is 60.6 Å². The number of aromatic nitrogens is 1. The molecule has 0 bridgehead atoms. The Hall–Kier alpha value is -6.24. The van der Waals surface area contributed by atoms with Crippen LogP contribution in [0.1, 0.15) is 29.0 Å². The molecule has 2 unspecified atom stereocenters. The Morgan fingerprint density at radius 3 is 2.21 bits per heavy atom. The van der Waals surface area contributed by atoms with Gasteiger partial charge in [-0.05, 0) is 63.9 Å². The van der Waals surface area contributed by atoms with Crippen LogP contribution in [0.5, 0.6) is 0 Å². The molecular formula is C42H28N4O2. The smallest absolute Gasteiger partial charge is 0.153 e. The van der Waals surface area contributed by atoms with E-state index in [4.69, 9.17) is 18.8 Å². The Morgan fingerprint density at radius 1 is 0.562 bits per heavy atom. The molecule has 1 aliphatic heterocycles. The Bertz CT molecular complexity index is 2700. The summed E-state index contributed by atoms with van der Waals surface area (Å²) in [6.45, 7) is 0. The van der Waals surface area contributed by atoms with Gasteiger partial charge in [0.25, 0.3) is 0 Å². The normalized spacial score (nSPS) is 16.5. The molecule has 0 saturated carbocycles. The minimum absolute atomic E-state index is 0.270. The van der Waals surface area contributed by atoms with Crippen molar-refractivity contribution in [2.75, 3.05) is 0 Å². The summed E-state index contributed by atoms with van der Waals surface area (Å²) in [5.41, 5.74) is 9.51. The molecule has 48 heavy (non-hydrogen) atoms. The number of fused-ring (bicyclic) bond motifs is 7. The van der Waals surface area contributed by atoms with Gasteiger partial charge in [0.05, 0.1) is 5.39 Å². The summed E-state index contributed by atoms with van der Waals surface area (Å²) in [6.07, 6.45) is 1.21.